The topological polar surface area (TPSA) is 23.5 Å². The third-order valence-electron chi connectivity index (χ3n) is 3.89. The van der Waals surface area contributed by atoms with Crippen LogP contribution in [0.4, 0.5) is 0 Å². The van der Waals surface area contributed by atoms with Gasteiger partial charge in [-0.3, -0.25) is 0 Å². The van der Waals surface area contributed by atoms with Crippen molar-refractivity contribution in [2.24, 2.45) is 5.41 Å². The molecule has 0 radical (unpaired) electrons. The van der Waals surface area contributed by atoms with Crippen molar-refractivity contribution in [1.29, 1.82) is 0 Å². The molecule has 1 heterocycles. The van der Waals surface area contributed by atoms with E-state index in [0.717, 1.165) is 0 Å². The maximum atomic E-state index is 9.44. The van der Waals surface area contributed by atoms with Gasteiger partial charge in [0.25, 0.3) is 0 Å². The number of likely N-dealkylation sites (tertiary alicyclic amines) is 1. The van der Waals surface area contributed by atoms with Crippen molar-refractivity contribution in [3.8, 4) is 0 Å². The van der Waals surface area contributed by atoms with Crippen LogP contribution < -0.4 is 0 Å². The van der Waals surface area contributed by atoms with Crippen LogP contribution in [0, 0.1) is 5.41 Å². The van der Waals surface area contributed by atoms with E-state index < -0.39 is 0 Å². The fraction of sp³-hybridized carbons (Fsp3) is 1.00. The Labute approximate surface area is 95.7 Å². The van der Waals surface area contributed by atoms with Gasteiger partial charge in [-0.25, -0.2) is 0 Å². The lowest BCUT2D eigenvalue weighted by atomic mass is 9.76. The van der Waals surface area contributed by atoms with E-state index in [4.69, 9.17) is 0 Å². The molecule has 2 rings (SSSR count). The van der Waals surface area contributed by atoms with Gasteiger partial charge in [-0.05, 0) is 39.3 Å². The summed E-state index contributed by atoms with van der Waals surface area (Å²) in [5, 5.41) is 9.44. The largest absolute Gasteiger partial charge is 0.396 e. The van der Waals surface area contributed by atoms with Crippen LogP contribution in [0.25, 0.3) is 0 Å². The van der Waals surface area contributed by atoms with E-state index in [1.54, 1.807) is 0 Å². The number of hydrogen-bond donors (Lipinski definition) is 1. The maximum absolute atomic E-state index is 9.44. The Hall–Kier alpha value is -0.0800. The van der Waals surface area contributed by atoms with Gasteiger partial charge in [0.15, 0.2) is 0 Å². The molecule has 2 atom stereocenters. The first-order valence-corrected chi connectivity index (χ1v) is 6.10. The predicted molar refractivity (Wildman–Crippen MR) is 67.1 cm³/mol. The summed E-state index contributed by atoms with van der Waals surface area (Å²) < 4.78 is 0. The van der Waals surface area contributed by atoms with Gasteiger partial charge in [0.05, 0.1) is 6.61 Å². The first-order chi connectivity index (χ1) is 6.78. The summed E-state index contributed by atoms with van der Waals surface area (Å²) in [5.41, 5.74) is 0.285. The van der Waals surface area contributed by atoms with Crippen molar-refractivity contribution in [1.82, 2.24) is 4.90 Å². The van der Waals surface area contributed by atoms with Gasteiger partial charge in [0.2, 0.25) is 0 Å². The van der Waals surface area contributed by atoms with Crippen LogP contribution in [0.1, 0.15) is 53.4 Å². The zero-order chi connectivity index (χ0) is 10.6. The van der Waals surface area contributed by atoms with Crippen molar-refractivity contribution < 1.29 is 5.11 Å². The van der Waals surface area contributed by atoms with Gasteiger partial charge in [0, 0.05) is 11.5 Å². The summed E-state index contributed by atoms with van der Waals surface area (Å²) in [7, 11) is 2.21. The van der Waals surface area contributed by atoms with Crippen molar-refractivity contribution in [3.63, 3.8) is 0 Å². The van der Waals surface area contributed by atoms with E-state index in [9.17, 15) is 5.11 Å². The molecule has 2 aliphatic rings. The molecule has 0 unspecified atom stereocenters. The number of hydrogen-bond acceptors (Lipinski definition) is 2. The summed E-state index contributed by atoms with van der Waals surface area (Å²) in [6.45, 7) is 5.63. The number of nitrogens with zero attached hydrogens (tertiary/aromatic N) is 1. The zero-order valence-electron chi connectivity index (χ0n) is 9.92. The minimum absolute atomic E-state index is 0. The predicted octanol–water partition coefficient (Wildman–Crippen LogP) is 2.91. The second kappa shape index (κ2) is 6.49. The van der Waals surface area contributed by atoms with Gasteiger partial charge < -0.3 is 10.0 Å². The standard InChI is InChI=1S/C10H19NO.C2H6.CH4/c1-11-7-3-6-10(8-12)5-2-4-9(10)11;1-2;/h9,12H,2-8H2,1H3;1-2H3;1H4/t9-,10-;;/m1../s1. The molecule has 1 aliphatic heterocycles. The second-order valence-electron chi connectivity index (χ2n) is 4.51. The molecule has 2 heteroatoms. The molecule has 0 aromatic rings. The average molecular weight is 215 g/mol. The molecule has 0 spiro atoms. The van der Waals surface area contributed by atoms with Crippen LogP contribution in [0.2, 0.25) is 0 Å². The van der Waals surface area contributed by atoms with Crippen LogP contribution in [0.5, 0.6) is 0 Å². The SMILES string of the molecule is C.CC.CN1CCC[C@@]2(CO)CCC[C@@H]12. The Morgan fingerprint density at radius 1 is 1.27 bits per heavy atom. The summed E-state index contributed by atoms with van der Waals surface area (Å²) in [5.74, 6) is 0. The van der Waals surface area contributed by atoms with E-state index in [1.165, 1.54) is 38.6 Å². The normalized spacial score (nSPS) is 34.8. The molecule has 1 saturated heterocycles. The van der Waals surface area contributed by atoms with Crippen molar-refractivity contribution in [2.45, 2.75) is 59.4 Å². The van der Waals surface area contributed by atoms with Crippen LogP contribution in [-0.2, 0) is 0 Å². The smallest absolute Gasteiger partial charge is 0.0502 e. The lowest BCUT2D eigenvalue weighted by molar-refractivity contribution is 0.00742. The summed E-state index contributed by atoms with van der Waals surface area (Å²) in [6, 6.07) is 0.677. The van der Waals surface area contributed by atoms with Crippen molar-refractivity contribution in [3.05, 3.63) is 0 Å². The van der Waals surface area contributed by atoms with Crippen LogP contribution >= 0.6 is 0 Å². The fourth-order valence-corrected chi connectivity index (χ4v) is 3.20. The lowest BCUT2D eigenvalue weighted by Gasteiger charge is -2.44. The van der Waals surface area contributed by atoms with Crippen LogP contribution in [-0.4, -0.2) is 36.2 Å². The van der Waals surface area contributed by atoms with E-state index in [1.807, 2.05) is 13.8 Å². The number of aliphatic hydroxyl groups is 1. The van der Waals surface area contributed by atoms with E-state index in [0.29, 0.717) is 12.6 Å². The number of rotatable bonds is 1. The zero-order valence-corrected chi connectivity index (χ0v) is 9.92. The Balaban J connectivity index is 0.000000617. The molecular weight excluding hydrogens is 186 g/mol. The third kappa shape index (κ3) is 2.73. The number of piperidine rings is 1. The average Bonchev–Trinajstić information content (AvgIpc) is 2.67. The Morgan fingerprint density at radius 2 is 1.87 bits per heavy atom. The fourth-order valence-electron chi connectivity index (χ4n) is 3.20. The van der Waals surface area contributed by atoms with Gasteiger partial charge in [-0.2, -0.15) is 0 Å². The van der Waals surface area contributed by atoms with Crippen LogP contribution in [0.15, 0.2) is 0 Å². The molecule has 0 bridgehead atoms. The summed E-state index contributed by atoms with van der Waals surface area (Å²) in [6.07, 6.45) is 6.39. The first-order valence-electron chi connectivity index (χ1n) is 6.10. The van der Waals surface area contributed by atoms with E-state index >= 15 is 0 Å². The number of aliphatic hydroxyl groups excluding tert-OH is 1. The molecule has 1 N–H and O–H groups in total. The molecule has 1 saturated carbocycles. The molecule has 2 nitrogen and oxygen atoms in total. The third-order valence-corrected chi connectivity index (χ3v) is 3.89. The monoisotopic (exact) mass is 215 g/mol. The second-order valence-corrected chi connectivity index (χ2v) is 4.51. The Kier molecular flexibility index (Phi) is 6.46. The molecule has 0 aromatic carbocycles. The molecular formula is C13H29NO. The van der Waals surface area contributed by atoms with E-state index in [2.05, 4.69) is 11.9 Å². The quantitative estimate of drug-likeness (QED) is 0.727. The highest BCUT2D eigenvalue weighted by molar-refractivity contribution is 4.99. The first kappa shape index (κ1) is 14.9. The minimum Gasteiger partial charge on any atom is -0.396 e. The van der Waals surface area contributed by atoms with Crippen molar-refractivity contribution in [2.75, 3.05) is 20.2 Å². The minimum atomic E-state index is 0. The maximum Gasteiger partial charge on any atom is 0.0502 e. The van der Waals surface area contributed by atoms with Gasteiger partial charge in [-0.1, -0.05) is 27.7 Å². The van der Waals surface area contributed by atoms with E-state index in [-0.39, 0.29) is 12.8 Å². The molecule has 92 valence electrons. The Bertz CT molecular complexity index is 172. The molecule has 0 aromatic heterocycles. The van der Waals surface area contributed by atoms with Gasteiger partial charge in [-0.15, -0.1) is 0 Å². The molecule has 2 fully saturated rings. The highest BCUT2D eigenvalue weighted by Crippen LogP contribution is 2.46. The lowest BCUT2D eigenvalue weighted by Crippen LogP contribution is -2.49. The molecule has 1 aliphatic carbocycles. The van der Waals surface area contributed by atoms with Gasteiger partial charge in [0.1, 0.15) is 0 Å². The van der Waals surface area contributed by atoms with Gasteiger partial charge >= 0.3 is 0 Å². The van der Waals surface area contributed by atoms with Crippen LogP contribution in [0.3, 0.4) is 0 Å². The molecule has 0 amide bonds. The number of fused-ring (bicyclic) bond motifs is 1. The highest BCUT2D eigenvalue weighted by atomic mass is 16.3. The Morgan fingerprint density at radius 3 is 2.40 bits per heavy atom. The van der Waals surface area contributed by atoms with Crippen molar-refractivity contribution >= 4 is 0 Å². The molecule has 15 heavy (non-hydrogen) atoms. The summed E-state index contributed by atoms with van der Waals surface area (Å²) >= 11 is 0. The summed E-state index contributed by atoms with van der Waals surface area (Å²) in [4.78, 5) is 2.45. The highest BCUT2D eigenvalue weighted by Gasteiger charge is 2.45.